The molecule has 0 aromatic rings. The molecule has 1 aliphatic rings. The molecule has 0 amide bonds. The van der Waals surface area contributed by atoms with Crippen LogP contribution in [0.15, 0.2) is 25.3 Å². The molecule has 1 heterocycles. The first kappa shape index (κ1) is 26.5. The first-order valence-corrected chi connectivity index (χ1v) is 8.19. The van der Waals surface area contributed by atoms with Crippen LogP contribution in [0.3, 0.4) is 0 Å². The van der Waals surface area contributed by atoms with Gasteiger partial charge in [-0.15, -0.1) is 0 Å². The molecular formula is C18H32O8. The van der Waals surface area contributed by atoms with Gasteiger partial charge < -0.3 is 29.9 Å². The summed E-state index contributed by atoms with van der Waals surface area (Å²) < 4.78 is 11.4. The van der Waals surface area contributed by atoms with Crippen molar-refractivity contribution in [2.24, 2.45) is 10.8 Å². The number of carboxylic acid groups (broad SMARTS) is 2. The number of aliphatic hydroxyl groups is 2. The normalized spacial score (nSPS) is 22.0. The molecule has 1 fully saturated rings. The predicted octanol–water partition coefficient (Wildman–Crippen LogP) is 1.67. The highest BCUT2D eigenvalue weighted by Crippen LogP contribution is 2.36. The third-order valence-electron chi connectivity index (χ3n) is 3.87. The Balaban J connectivity index is 0. The van der Waals surface area contributed by atoms with Crippen molar-refractivity contribution in [3.05, 3.63) is 25.3 Å². The zero-order chi connectivity index (χ0) is 20.8. The molecule has 0 bridgehead atoms. The molecule has 0 aromatic heterocycles. The Kier molecular flexibility index (Phi) is 13.7. The van der Waals surface area contributed by atoms with Crippen molar-refractivity contribution in [3.8, 4) is 0 Å². The summed E-state index contributed by atoms with van der Waals surface area (Å²) in [5.74, 6) is -1.96. The predicted molar refractivity (Wildman–Crippen MR) is 96.7 cm³/mol. The molecule has 152 valence electrons. The summed E-state index contributed by atoms with van der Waals surface area (Å²) in [4.78, 5) is 18.5. The second kappa shape index (κ2) is 13.5. The smallest absolute Gasteiger partial charge is 0.327 e. The van der Waals surface area contributed by atoms with Gasteiger partial charge in [-0.2, -0.15) is 0 Å². The monoisotopic (exact) mass is 376 g/mol. The van der Waals surface area contributed by atoms with Crippen LogP contribution in [0.25, 0.3) is 0 Å². The number of carboxylic acids is 2. The lowest BCUT2D eigenvalue weighted by Crippen LogP contribution is -2.48. The molecule has 1 rings (SSSR count). The van der Waals surface area contributed by atoms with Crippen molar-refractivity contribution in [1.29, 1.82) is 0 Å². The molecule has 0 spiro atoms. The van der Waals surface area contributed by atoms with Gasteiger partial charge in [-0.05, 0) is 12.8 Å². The molecule has 8 heteroatoms. The van der Waals surface area contributed by atoms with E-state index in [1.165, 1.54) is 0 Å². The first-order chi connectivity index (χ1) is 12.0. The van der Waals surface area contributed by atoms with Crippen LogP contribution >= 0.6 is 0 Å². The molecule has 26 heavy (non-hydrogen) atoms. The Hall–Kier alpha value is -1.74. The maximum Gasteiger partial charge on any atom is 0.327 e. The van der Waals surface area contributed by atoms with E-state index in [4.69, 9.17) is 24.8 Å². The highest BCUT2D eigenvalue weighted by molar-refractivity contribution is 5.79. The van der Waals surface area contributed by atoms with Gasteiger partial charge in [0.05, 0.1) is 19.8 Å². The number of hydrogen-bond acceptors (Lipinski definition) is 6. The zero-order valence-corrected chi connectivity index (χ0v) is 15.8. The average Bonchev–Trinajstić information content (AvgIpc) is 2.63. The minimum atomic E-state index is -0.981. The van der Waals surface area contributed by atoms with Gasteiger partial charge in [0.15, 0.2) is 6.29 Å². The number of aliphatic carboxylic acids is 2. The van der Waals surface area contributed by atoms with Crippen molar-refractivity contribution in [2.45, 2.75) is 39.9 Å². The Labute approximate surface area is 154 Å². The van der Waals surface area contributed by atoms with Crippen LogP contribution < -0.4 is 0 Å². The molecule has 0 saturated carbocycles. The van der Waals surface area contributed by atoms with Crippen LogP contribution in [0.1, 0.15) is 33.6 Å². The Morgan fingerprint density at radius 1 is 1.12 bits per heavy atom. The van der Waals surface area contributed by atoms with E-state index in [-0.39, 0.29) is 30.3 Å². The van der Waals surface area contributed by atoms with Gasteiger partial charge in [0.25, 0.3) is 0 Å². The first-order valence-electron chi connectivity index (χ1n) is 8.19. The standard InChI is InChI=1S/C12H24O4.2C3H4O2/c1-4-12(5-6-13)8-15-10(16-9-12)11(2,3)7-14;2*1-2-3(4)5/h10,13-14H,4-9H2,1-3H3;2*2H,1H2,(H,4,5). The summed E-state index contributed by atoms with van der Waals surface area (Å²) >= 11 is 0. The highest BCUT2D eigenvalue weighted by Gasteiger charge is 2.40. The molecule has 4 N–H and O–H groups in total. The fourth-order valence-electron chi connectivity index (χ4n) is 1.88. The van der Waals surface area contributed by atoms with E-state index in [1.807, 2.05) is 13.8 Å². The van der Waals surface area contributed by atoms with Gasteiger partial charge in [0.2, 0.25) is 0 Å². The Bertz CT molecular complexity index is 418. The molecule has 1 aliphatic heterocycles. The van der Waals surface area contributed by atoms with Crippen molar-refractivity contribution in [3.63, 3.8) is 0 Å². The number of carbonyl (C=O) groups is 2. The number of hydrogen-bond donors (Lipinski definition) is 4. The summed E-state index contributed by atoms with van der Waals surface area (Å²) in [7, 11) is 0. The minimum absolute atomic E-state index is 0.0385. The van der Waals surface area contributed by atoms with Gasteiger partial charge in [-0.25, -0.2) is 9.59 Å². The van der Waals surface area contributed by atoms with E-state index in [0.29, 0.717) is 19.6 Å². The maximum atomic E-state index is 9.25. The van der Waals surface area contributed by atoms with Gasteiger partial charge in [0, 0.05) is 29.6 Å². The van der Waals surface area contributed by atoms with Gasteiger partial charge >= 0.3 is 11.9 Å². The van der Waals surface area contributed by atoms with Crippen LogP contribution in [-0.2, 0) is 19.1 Å². The minimum Gasteiger partial charge on any atom is -0.478 e. The van der Waals surface area contributed by atoms with Crippen molar-refractivity contribution in [2.75, 3.05) is 26.4 Å². The number of ether oxygens (including phenoxy) is 2. The van der Waals surface area contributed by atoms with E-state index in [1.54, 1.807) is 0 Å². The zero-order valence-electron chi connectivity index (χ0n) is 15.8. The molecule has 0 unspecified atom stereocenters. The van der Waals surface area contributed by atoms with E-state index in [2.05, 4.69) is 20.1 Å². The SMILES string of the molecule is C=CC(=O)O.C=CC(=O)O.CCC1(CCO)COC(C(C)(C)CO)OC1. The average molecular weight is 376 g/mol. The maximum absolute atomic E-state index is 9.25. The van der Waals surface area contributed by atoms with Crippen LogP contribution in [-0.4, -0.2) is 65.1 Å². The summed E-state index contributed by atoms with van der Waals surface area (Å²) in [5.41, 5.74) is -0.435. The molecule has 0 aliphatic carbocycles. The molecule has 8 nitrogen and oxygen atoms in total. The summed E-state index contributed by atoms with van der Waals surface area (Å²) in [5, 5.41) is 33.5. The second-order valence-electron chi connectivity index (χ2n) is 6.51. The highest BCUT2D eigenvalue weighted by atomic mass is 16.7. The topological polar surface area (TPSA) is 134 Å². The van der Waals surface area contributed by atoms with Crippen molar-refractivity contribution >= 4 is 11.9 Å². The fraction of sp³-hybridized carbons (Fsp3) is 0.667. The van der Waals surface area contributed by atoms with E-state index >= 15 is 0 Å². The summed E-state index contributed by atoms with van der Waals surface area (Å²) in [6.45, 7) is 13.2. The summed E-state index contributed by atoms with van der Waals surface area (Å²) in [6, 6.07) is 0. The molecule has 0 atom stereocenters. The van der Waals surface area contributed by atoms with E-state index < -0.39 is 11.9 Å². The van der Waals surface area contributed by atoms with Crippen LogP contribution in [0.2, 0.25) is 0 Å². The lowest BCUT2D eigenvalue weighted by Gasteiger charge is -2.43. The Morgan fingerprint density at radius 2 is 1.50 bits per heavy atom. The number of rotatable bonds is 7. The third-order valence-corrected chi connectivity index (χ3v) is 3.87. The molecule has 1 saturated heterocycles. The van der Waals surface area contributed by atoms with Crippen molar-refractivity contribution < 1.29 is 39.5 Å². The second-order valence-corrected chi connectivity index (χ2v) is 6.51. The number of aliphatic hydroxyl groups excluding tert-OH is 2. The van der Waals surface area contributed by atoms with E-state index in [9.17, 15) is 14.7 Å². The largest absolute Gasteiger partial charge is 0.478 e. The molecule has 0 aromatic carbocycles. The van der Waals surface area contributed by atoms with Gasteiger partial charge in [-0.3, -0.25) is 0 Å². The van der Waals surface area contributed by atoms with Crippen LogP contribution in [0.5, 0.6) is 0 Å². The molecule has 0 radical (unpaired) electrons. The van der Waals surface area contributed by atoms with Gasteiger partial charge in [0.1, 0.15) is 0 Å². The lowest BCUT2D eigenvalue weighted by atomic mass is 9.82. The Morgan fingerprint density at radius 3 is 1.73 bits per heavy atom. The van der Waals surface area contributed by atoms with Crippen LogP contribution in [0.4, 0.5) is 0 Å². The lowest BCUT2D eigenvalue weighted by molar-refractivity contribution is -0.276. The van der Waals surface area contributed by atoms with Gasteiger partial charge in [-0.1, -0.05) is 33.9 Å². The quantitative estimate of drug-likeness (QED) is 0.493. The molecular weight excluding hydrogens is 344 g/mol. The van der Waals surface area contributed by atoms with Crippen molar-refractivity contribution in [1.82, 2.24) is 0 Å². The fourth-order valence-corrected chi connectivity index (χ4v) is 1.88. The summed E-state index contributed by atoms with van der Waals surface area (Å²) in [6.07, 6.45) is 2.95. The van der Waals surface area contributed by atoms with E-state index in [0.717, 1.165) is 18.6 Å². The van der Waals surface area contributed by atoms with Crippen LogP contribution in [0, 0.1) is 10.8 Å². The third kappa shape index (κ3) is 11.0.